The second-order valence-electron chi connectivity index (χ2n) is 4.37. The summed E-state index contributed by atoms with van der Waals surface area (Å²) in [6.45, 7) is 5.53. The van der Waals surface area contributed by atoms with Gasteiger partial charge in [-0.15, -0.1) is 0 Å². The van der Waals surface area contributed by atoms with E-state index >= 15 is 0 Å². The van der Waals surface area contributed by atoms with Crippen LogP contribution < -0.4 is 0 Å². The first-order chi connectivity index (χ1) is 5.66. The molecule has 1 saturated heterocycles. The van der Waals surface area contributed by atoms with Crippen molar-refractivity contribution in [3.8, 4) is 0 Å². The minimum atomic E-state index is -0.0897. The molecular formula is C10H22NO+. The number of aliphatic hydroxyl groups excluding tert-OH is 1. The van der Waals surface area contributed by atoms with Crippen LogP contribution in [0.2, 0.25) is 0 Å². The SMILES string of the molecule is CCC(O)C[N+]1(C)CCCCC1. The monoisotopic (exact) mass is 172 g/mol. The van der Waals surface area contributed by atoms with Gasteiger partial charge in [0.15, 0.2) is 0 Å². The van der Waals surface area contributed by atoms with E-state index in [1.807, 2.05) is 0 Å². The van der Waals surface area contributed by atoms with Crippen LogP contribution in [0.4, 0.5) is 0 Å². The highest BCUT2D eigenvalue weighted by Gasteiger charge is 2.26. The van der Waals surface area contributed by atoms with E-state index in [9.17, 15) is 5.11 Å². The molecule has 1 heterocycles. The molecule has 1 N–H and O–H groups in total. The van der Waals surface area contributed by atoms with E-state index in [0.29, 0.717) is 0 Å². The van der Waals surface area contributed by atoms with Crippen molar-refractivity contribution in [2.75, 3.05) is 26.7 Å². The van der Waals surface area contributed by atoms with Crippen LogP contribution in [0.5, 0.6) is 0 Å². The largest absolute Gasteiger partial charge is 0.387 e. The van der Waals surface area contributed by atoms with Gasteiger partial charge >= 0.3 is 0 Å². The van der Waals surface area contributed by atoms with Crippen LogP contribution in [0, 0.1) is 0 Å². The van der Waals surface area contributed by atoms with Crippen molar-refractivity contribution in [1.29, 1.82) is 0 Å². The van der Waals surface area contributed by atoms with E-state index in [0.717, 1.165) is 17.4 Å². The van der Waals surface area contributed by atoms with Crippen molar-refractivity contribution in [3.63, 3.8) is 0 Å². The molecular weight excluding hydrogens is 150 g/mol. The third kappa shape index (κ3) is 2.76. The molecule has 1 fully saturated rings. The maximum atomic E-state index is 9.56. The van der Waals surface area contributed by atoms with Gasteiger partial charge in [0.05, 0.1) is 20.1 Å². The molecule has 2 heteroatoms. The average molecular weight is 172 g/mol. The van der Waals surface area contributed by atoms with E-state index in [1.165, 1.54) is 32.4 Å². The van der Waals surface area contributed by atoms with Gasteiger partial charge in [-0.25, -0.2) is 0 Å². The Kier molecular flexibility index (Phi) is 3.53. The maximum Gasteiger partial charge on any atom is 0.105 e. The summed E-state index contributed by atoms with van der Waals surface area (Å²) >= 11 is 0. The highest BCUT2D eigenvalue weighted by atomic mass is 16.3. The zero-order chi connectivity index (χ0) is 9.03. The number of likely N-dealkylation sites (N-methyl/N-ethyl adjacent to an activating group) is 1. The molecule has 1 rings (SSSR count). The molecule has 12 heavy (non-hydrogen) atoms. The predicted octanol–water partition coefficient (Wildman–Crippen LogP) is 1.39. The topological polar surface area (TPSA) is 20.2 Å². The molecule has 72 valence electrons. The minimum Gasteiger partial charge on any atom is -0.387 e. The van der Waals surface area contributed by atoms with Crippen molar-refractivity contribution in [2.24, 2.45) is 0 Å². The van der Waals surface area contributed by atoms with E-state index < -0.39 is 0 Å². The van der Waals surface area contributed by atoms with Crippen LogP contribution in [0.25, 0.3) is 0 Å². The van der Waals surface area contributed by atoms with Crippen LogP contribution in [0.15, 0.2) is 0 Å². The van der Waals surface area contributed by atoms with Gasteiger partial charge in [0.1, 0.15) is 12.6 Å². The second kappa shape index (κ2) is 4.24. The fourth-order valence-electron chi connectivity index (χ4n) is 2.10. The van der Waals surface area contributed by atoms with E-state index in [4.69, 9.17) is 0 Å². The molecule has 2 nitrogen and oxygen atoms in total. The molecule has 1 atom stereocenters. The Labute approximate surface area is 75.8 Å². The molecule has 1 unspecified atom stereocenters. The zero-order valence-electron chi connectivity index (χ0n) is 8.42. The van der Waals surface area contributed by atoms with Crippen molar-refractivity contribution < 1.29 is 9.59 Å². The smallest absolute Gasteiger partial charge is 0.105 e. The molecule has 0 aromatic heterocycles. The standard InChI is InChI=1S/C10H22NO/c1-3-10(12)9-11(2)7-5-4-6-8-11/h10,12H,3-9H2,1-2H3/q+1. The van der Waals surface area contributed by atoms with Gasteiger partial charge in [0, 0.05) is 0 Å². The number of quaternary nitrogens is 1. The van der Waals surface area contributed by atoms with Crippen LogP contribution in [-0.4, -0.2) is 42.4 Å². The van der Waals surface area contributed by atoms with Crippen LogP contribution in [-0.2, 0) is 0 Å². The molecule has 0 saturated carbocycles. The Morgan fingerprint density at radius 3 is 2.33 bits per heavy atom. The second-order valence-corrected chi connectivity index (χ2v) is 4.37. The zero-order valence-corrected chi connectivity index (χ0v) is 8.42. The number of rotatable bonds is 3. The Bertz CT molecular complexity index is 130. The predicted molar refractivity (Wildman–Crippen MR) is 50.9 cm³/mol. The lowest BCUT2D eigenvalue weighted by Gasteiger charge is -2.39. The number of nitrogens with zero attached hydrogens (tertiary/aromatic N) is 1. The Balaban J connectivity index is 2.35. The third-order valence-electron chi connectivity index (χ3n) is 3.02. The molecule has 0 bridgehead atoms. The first kappa shape index (κ1) is 10.0. The normalized spacial score (nSPS) is 25.2. The first-order valence-electron chi connectivity index (χ1n) is 5.18. The van der Waals surface area contributed by atoms with Gasteiger partial charge in [-0.3, -0.25) is 0 Å². The van der Waals surface area contributed by atoms with Crippen molar-refractivity contribution in [3.05, 3.63) is 0 Å². The van der Waals surface area contributed by atoms with E-state index in [2.05, 4.69) is 14.0 Å². The summed E-state index contributed by atoms with van der Waals surface area (Å²) in [7, 11) is 2.28. The van der Waals surface area contributed by atoms with Crippen LogP contribution in [0.3, 0.4) is 0 Å². The minimum absolute atomic E-state index is 0.0897. The highest BCUT2D eigenvalue weighted by Crippen LogP contribution is 2.17. The van der Waals surface area contributed by atoms with E-state index in [1.54, 1.807) is 0 Å². The Morgan fingerprint density at radius 1 is 1.25 bits per heavy atom. The first-order valence-corrected chi connectivity index (χ1v) is 5.18. The Hall–Kier alpha value is -0.0800. The summed E-state index contributed by atoms with van der Waals surface area (Å²) in [5.41, 5.74) is 0. The third-order valence-corrected chi connectivity index (χ3v) is 3.02. The molecule has 0 radical (unpaired) electrons. The van der Waals surface area contributed by atoms with Gasteiger partial charge in [-0.05, 0) is 25.7 Å². The quantitative estimate of drug-likeness (QED) is 0.638. The molecule has 1 aliphatic heterocycles. The summed E-state index contributed by atoms with van der Waals surface area (Å²) < 4.78 is 1.09. The maximum absolute atomic E-state index is 9.56. The van der Waals surface area contributed by atoms with Gasteiger partial charge in [-0.1, -0.05) is 6.92 Å². The molecule has 1 aliphatic rings. The average Bonchev–Trinajstić information content (AvgIpc) is 2.05. The number of likely N-dealkylation sites (tertiary alicyclic amines) is 1. The number of piperidine rings is 1. The van der Waals surface area contributed by atoms with Gasteiger partial charge in [0.2, 0.25) is 0 Å². The fourth-order valence-corrected chi connectivity index (χ4v) is 2.10. The van der Waals surface area contributed by atoms with E-state index in [-0.39, 0.29) is 6.10 Å². The van der Waals surface area contributed by atoms with Gasteiger partial charge in [-0.2, -0.15) is 0 Å². The number of aliphatic hydroxyl groups is 1. The molecule has 0 spiro atoms. The summed E-state index contributed by atoms with van der Waals surface area (Å²) in [5.74, 6) is 0. The lowest BCUT2D eigenvalue weighted by Crippen LogP contribution is -2.51. The fraction of sp³-hybridized carbons (Fsp3) is 1.00. The molecule has 0 aliphatic carbocycles. The number of hydrogen-bond donors (Lipinski definition) is 1. The lowest BCUT2D eigenvalue weighted by molar-refractivity contribution is -0.916. The van der Waals surface area contributed by atoms with Crippen molar-refractivity contribution in [2.45, 2.75) is 38.7 Å². The summed E-state index contributed by atoms with van der Waals surface area (Å²) in [4.78, 5) is 0. The van der Waals surface area contributed by atoms with Crippen LogP contribution >= 0.6 is 0 Å². The van der Waals surface area contributed by atoms with Gasteiger partial charge in [0.25, 0.3) is 0 Å². The lowest BCUT2D eigenvalue weighted by atomic mass is 10.1. The van der Waals surface area contributed by atoms with Crippen LogP contribution in [0.1, 0.15) is 32.6 Å². The Morgan fingerprint density at radius 2 is 1.83 bits per heavy atom. The van der Waals surface area contributed by atoms with Crippen molar-refractivity contribution >= 4 is 0 Å². The highest BCUT2D eigenvalue weighted by molar-refractivity contribution is 4.56. The molecule has 0 amide bonds. The molecule has 0 aromatic rings. The molecule has 0 aromatic carbocycles. The summed E-state index contributed by atoms with van der Waals surface area (Å²) in [6, 6.07) is 0. The van der Waals surface area contributed by atoms with Gasteiger partial charge < -0.3 is 9.59 Å². The van der Waals surface area contributed by atoms with Crippen molar-refractivity contribution in [1.82, 2.24) is 0 Å². The number of hydrogen-bond acceptors (Lipinski definition) is 1. The summed E-state index contributed by atoms with van der Waals surface area (Å²) in [5, 5.41) is 9.56. The summed E-state index contributed by atoms with van der Waals surface area (Å²) in [6.07, 6.45) is 4.87.